The Morgan fingerprint density at radius 1 is 1.37 bits per heavy atom. The first-order chi connectivity index (χ1) is 8.55. The quantitative estimate of drug-likeness (QED) is 0.479. The highest BCUT2D eigenvalue weighted by atomic mass is 127. The summed E-state index contributed by atoms with van der Waals surface area (Å²) >= 11 is 0. The van der Waals surface area contributed by atoms with E-state index in [1.165, 1.54) is 0 Å². The Balaban J connectivity index is 0.00000180. The molecule has 2 rings (SSSR count). The van der Waals surface area contributed by atoms with Crippen molar-refractivity contribution in [3.8, 4) is 0 Å². The molecule has 0 spiro atoms. The van der Waals surface area contributed by atoms with Crippen LogP contribution in [-0.2, 0) is 0 Å². The number of halogens is 3. The van der Waals surface area contributed by atoms with Crippen molar-refractivity contribution in [1.29, 1.82) is 0 Å². The molecule has 0 amide bonds. The zero-order valence-corrected chi connectivity index (χ0v) is 12.8. The number of nitrogens with one attached hydrogen (secondary N) is 1. The number of rotatable bonds is 3. The van der Waals surface area contributed by atoms with Gasteiger partial charge in [-0.25, -0.2) is 8.78 Å². The molecule has 0 bridgehead atoms. The number of benzene rings is 1. The van der Waals surface area contributed by atoms with Gasteiger partial charge in [-0.15, -0.1) is 24.0 Å². The van der Waals surface area contributed by atoms with Gasteiger partial charge in [0.15, 0.2) is 5.96 Å². The third kappa shape index (κ3) is 5.30. The molecule has 1 aromatic carbocycles. The van der Waals surface area contributed by atoms with Gasteiger partial charge < -0.3 is 11.1 Å². The maximum Gasteiger partial charge on any atom is 0.248 e. The summed E-state index contributed by atoms with van der Waals surface area (Å²) in [4.78, 5) is 4.12. The highest BCUT2D eigenvalue weighted by molar-refractivity contribution is 14.0. The molecule has 0 radical (unpaired) electrons. The number of hydrogen-bond acceptors (Lipinski definition) is 1. The molecule has 1 fully saturated rings. The Labute approximate surface area is 128 Å². The molecule has 1 atom stereocenters. The lowest BCUT2D eigenvalue weighted by Gasteiger charge is -2.09. The van der Waals surface area contributed by atoms with Crippen LogP contribution in [-0.4, -0.2) is 18.4 Å². The van der Waals surface area contributed by atoms with Crippen molar-refractivity contribution < 1.29 is 8.78 Å². The fourth-order valence-electron chi connectivity index (χ4n) is 2.13. The molecule has 0 aromatic heterocycles. The lowest BCUT2D eigenvalue weighted by molar-refractivity contribution is 0.00542. The van der Waals surface area contributed by atoms with Crippen LogP contribution in [0, 0.1) is 5.92 Å². The molecule has 0 heterocycles. The number of nitrogens with two attached hydrogens (primary N) is 1. The van der Waals surface area contributed by atoms with Crippen LogP contribution in [0.3, 0.4) is 0 Å². The van der Waals surface area contributed by atoms with Crippen molar-refractivity contribution in [1.82, 2.24) is 0 Å². The summed E-state index contributed by atoms with van der Waals surface area (Å²) in [6.45, 7) is 0.362. The molecule has 3 N–H and O–H groups in total. The Hall–Kier alpha value is -0.920. The van der Waals surface area contributed by atoms with Crippen LogP contribution in [0.1, 0.15) is 19.3 Å². The van der Waals surface area contributed by atoms with E-state index in [1.54, 1.807) is 0 Å². The molecular weight excluding hydrogens is 363 g/mol. The van der Waals surface area contributed by atoms with E-state index in [1.807, 2.05) is 30.3 Å². The van der Waals surface area contributed by atoms with Crippen molar-refractivity contribution in [3.63, 3.8) is 0 Å². The normalized spacial score (nSPS) is 21.8. The van der Waals surface area contributed by atoms with Crippen LogP contribution in [0.2, 0.25) is 0 Å². The van der Waals surface area contributed by atoms with Crippen molar-refractivity contribution in [2.45, 2.75) is 25.2 Å². The summed E-state index contributed by atoms with van der Waals surface area (Å²) in [7, 11) is 0. The minimum atomic E-state index is -2.51. The molecule has 0 saturated heterocycles. The average Bonchev–Trinajstić information content (AvgIpc) is 2.68. The van der Waals surface area contributed by atoms with E-state index in [0.29, 0.717) is 13.0 Å². The van der Waals surface area contributed by atoms with E-state index in [9.17, 15) is 8.78 Å². The van der Waals surface area contributed by atoms with E-state index in [0.717, 1.165) is 5.69 Å². The van der Waals surface area contributed by atoms with Gasteiger partial charge in [-0.2, -0.15) is 0 Å². The van der Waals surface area contributed by atoms with Gasteiger partial charge in [0.2, 0.25) is 5.92 Å². The Morgan fingerprint density at radius 2 is 2.05 bits per heavy atom. The SMILES string of the molecule is I.NC(=NCC1CCC(F)(F)C1)Nc1ccccc1. The average molecular weight is 381 g/mol. The van der Waals surface area contributed by atoms with Gasteiger partial charge in [0, 0.05) is 25.1 Å². The van der Waals surface area contributed by atoms with Crippen LogP contribution in [0.4, 0.5) is 14.5 Å². The molecular formula is C13H18F2IN3. The third-order valence-corrected chi connectivity index (χ3v) is 3.07. The van der Waals surface area contributed by atoms with Gasteiger partial charge >= 0.3 is 0 Å². The van der Waals surface area contributed by atoms with Crippen molar-refractivity contribution >= 4 is 35.6 Å². The van der Waals surface area contributed by atoms with E-state index in [4.69, 9.17) is 5.73 Å². The first-order valence-electron chi connectivity index (χ1n) is 6.05. The third-order valence-electron chi connectivity index (χ3n) is 3.07. The number of para-hydroxylation sites is 1. The summed E-state index contributed by atoms with van der Waals surface area (Å²) in [5.74, 6) is -2.30. The minimum Gasteiger partial charge on any atom is -0.370 e. The zero-order valence-electron chi connectivity index (χ0n) is 10.5. The molecule has 1 aliphatic rings. The molecule has 19 heavy (non-hydrogen) atoms. The molecule has 1 saturated carbocycles. The van der Waals surface area contributed by atoms with Gasteiger partial charge in [0.05, 0.1) is 0 Å². The fourth-order valence-corrected chi connectivity index (χ4v) is 2.13. The van der Waals surface area contributed by atoms with E-state index in [-0.39, 0.29) is 48.7 Å². The lowest BCUT2D eigenvalue weighted by Crippen LogP contribution is -2.23. The molecule has 3 nitrogen and oxygen atoms in total. The smallest absolute Gasteiger partial charge is 0.248 e. The zero-order chi connectivity index (χ0) is 13.0. The molecule has 106 valence electrons. The van der Waals surface area contributed by atoms with E-state index < -0.39 is 5.92 Å². The second-order valence-corrected chi connectivity index (χ2v) is 4.68. The predicted octanol–water partition coefficient (Wildman–Crippen LogP) is 3.47. The number of alkyl halides is 2. The highest BCUT2D eigenvalue weighted by Crippen LogP contribution is 2.38. The number of nitrogens with zero attached hydrogens (tertiary/aromatic N) is 1. The molecule has 1 aliphatic carbocycles. The molecule has 1 unspecified atom stereocenters. The lowest BCUT2D eigenvalue weighted by atomic mass is 10.1. The maximum atomic E-state index is 13.0. The second kappa shape index (κ2) is 7.02. The van der Waals surface area contributed by atoms with Gasteiger partial charge in [0.1, 0.15) is 0 Å². The summed E-state index contributed by atoms with van der Waals surface area (Å²) in [6.07, 6.45) is 0.420. The van der Waals surface area contributed by atoms with Gasteiger partial charge in [0.25, 0.3) is 0 Å². The van der Waals surface area contributed by atoms with Crippen molar-refractivity contribution in [3.05, 3.63) is 30.3 Å². The van der Waals surface area contributed by atoms with Gasteiger partial charge in [-0.3, -0.25) is 4.99 Å². The first kappa shape index (κ1) is 16.1. The van der Waals surface area contributed by atoms with Crippen LogP contribution in [0.5, 0.6) is 0 Å². The largest absolute Gasteiger partial charge is 0.370 e. The van der Waals surface area contributed by atoms with E-state index >= 15 is 0 Å². The molecule has 1 aromatic rings. The van der Waals surface area contributed by atoms with Crippen LogP contribution in [0.15, 0.2) is 35.3 Å². The number of guanidine groups is 1. The first-order valence-corrected chi connectivity index (χ1v) is 6.05. The van der Waals surface area contributed by atoms with Gasteiger partial charge in [-0.05, 0) is 24.5 Å². The standard InChI is InChI=1S/C13H17F2N3.HI/c14-13(15)7-6-10(8-13)9-17-12(16)18-11-4-2-1-3-5-11;/h1-5,10H,6-9H2,(H3,16,17,18);1H. The summed E-state index contributed by atoms with van der Waals surface area (Å²) in [5.41, 5.74) is 6.55. The maximum absolute atomic E-state index is 13.0. The second-order valence-electron chi connectivity index (χ2n) is 4.68. The van der Waals surface area contributed by atoms with Crippen LogP contribution < -0.4 is 11.1 Å². The van der Waals surface area contributed by atoms with Crippen molar-refractivity contribution in [2.24, 2.45) is 16.6 Å². The number of hydrogen-bond donors (Lipinski definition) is 2. The Bertz CT molecular complexity index is 423. The highest BCUT2D eigenvalue weighted by Gasteiger charge is 2.39. The van der Waals surface area contributed by atoms with Crippen LogP contribution >= 0.6 is 24.0 Å². The monoisotopic (exact) mass is 381 g/mol. The van der Waals surface area contributed by atoms with Crippen molar-refractivity contribution in [2.75, 3.05) is 11.9 Å². The summed E-state index contributed by atoms with van der Waals surface area (Å²) in [6, 6.07) is 9.40. The summed E-state index contributed by atoms with van der Waals surface area (Å²) < 4.78 is 25.9. The fraction of sp³-hybridized carbons (Fsp3) is 0.462. The van der Waals surface area contributed by atoms with Crippen LogP contribution in [0.25, 0.3) is 0 Å². The molecule has 0 aliphatic heterocycles. The minimum absolute atomic E-state index is 0. The Kier molecular flexibility index (Phi) is 5.96. The Morgan fingerprint density at radius 3 is 2.63 bits per heavy atom. The number of aliphatic imine (C=N–C) groups is 1. The number of anilines is 1. The van der Waals surface area contributed by atoms with E-state index in [2.05, 4.69) is 10.3 Å². The summed E-state index contributed by atoms with van der Waals surface area (Å²) in [5, 5.41) is 2.93. The van der Waals surface area contributed by atoms with Gasteiger partial charge in [-0.1, -0.05) is 18.2 Å². The topological polar surface area (TPSA) is 50.4 Å². The molecule has 6 heteroatoms. The predicted molar refractivity (Wildman–Crippen MR) is 84.3 cm³/mol.